The Labute approximate surface area is 112 Å². The van der Waals surface area contributed by atoms with Gasteiger partial charge in [-0.3, -0.25) is 4.79 Å². The first-order valence-electron chi connectivity index (χ1n) is 6.41. The van der Waals surface area contributed by atoms with E-state index in [1.54, 1.807) is 17.0 Å². The van der Waals surface area contributed by atoms with Gasteiger partial charge in [0.2, 0.25) is 0 Å². The lowest BCUT2D eigenvalue weighted by atomic mass is 10.1. The van der Waals surface area contributed by atoms with Crippen LogP contribution in [0.5, 0.6) is 0 Å². The van der Waals surface area contributed by atoms with Crippen LogP contribution in [-0.2, 0) is 6.54 Å². The second-order valence-corrected chi connectivity index (χ2v) is 4.60. The van der Waals surface area contributed by atoms with E-state index in [9.17, 15) is 4.79 Å². The average molecular weight is 261 g/mol. The van der Waals surface area contributed by atoms with Crippen LogP contribution in [0.3, 0.4) is 0 Å². The Morgan fingerprint density at radius 1 is 1.47 bits per heavy atom. The standard InChI is InChI=1S/C14H19N3O2/c1-5-17-7-6-15-13(14(17)18)16-10(3)12-8-9(2)19-11(12)4/h6-8,10H,5H2,1-4H3,(H,15,16). The van der Waals surface area contributed by atoms with Crippen molar-refractivity contribution in [2.75, 3.05) is 5.32 Å². The van der Waals surface area contributed by atoms with E-state index in [0.29, 0.717) is 12.4 Å². The van der Waals surface area contributed by atoms with Gasteiger partial charge >= 0.3 is 0 Å². The smallest absolute Gasteiger partial charge is 0.293 e. The molecule has 0 bridgehead atoms. The van der Waals surface area contributed by atoms with E-state index in [1.807, 2.05) is 33.8 Å². The van der Waals surface area contributed by atoms with Gasteiger partial charge in [-0.2, -0.15) is 0 Å². The Bertz CT molecular complexity index is 628. The van der Waals surface area contributed by atoms with E-state index in [1.165, 1.54) is 0 Å². The van der Waals surface area contributed by atoms with Crippen LogP contribution >= 0.6 is 0 Å². The van der Waals surface area contributed by atoms with E-state index < -0.39 is 0 Å². The van der Waals surface area contributed by atoms with Gasteiger partial charge in [-0.15, -0.1) is 0 Å². The minimum atomic E-state index is -0.102. The van der Waals surface area contributed by atoms with Gasteiger partial charge in [0, 0.05) is 24.5 Å². The molecular formula is C14H19N3O2. The zero-order valence-electron chi connectivity index (χ0n) is 11.7. The van der Waals surface area contributed by atoms with E-state index in [0.717, 1.165) is 17.1 Å². The summed E-state index contributed by atoms with van der Waals surface area (Å²) in [5.41, 5.74) is 0.945. The molecular weight excluding hydrogens is 242 g/mol. The predicted octanol–water partition coefficient (Wildman–Crippen LogP) is 2.65. The Balaban J connectivity index is 2.26. The molecule has 2 heterocycles. The molecule has 2 aromatic rings. The lowest BCUT2D eigenvalue weighted by Gasteiger charge is -2.14. The number of nitrogens with zero attached hydrogens (tertiary/aromatic N) is 2. The second-order valence-electron chi connectivity index (χ2n) is 4.60. The molecule has 102 valence electrons. The molecule has 0 aliphatic carbocycles. The molecule has 0 amide bonds. The lowest BCUT2D eigenvalue weighted by molar-refractivity contribution is 0.499. The Morgan fingerprint density at radius 3 is 2.79 bits per heavy atom. The van der Waals surface area contributed by atoms with Crippen LogP contribution in [0, 0.1) is 13.8 Å². The first kappa shape index (κ1) is 13.4. The highest BCUT2D eigenvalue weighted by Crippen LogP contribution is 2.23. The van der Waals surface area contributed by atoms with Crippen molar-refractivity contribution in [3.63, 3.8) is 0 Å². The maximum Gasteiger partial charge on any atom is 0.293 e. The Hall–Kier alpha value is -2.04. The molecule has 0 aromatic carbocycles. The highest BCUT2D eigenvalue weighted by Gasteiger charge is 2.14. The molecule has 2 rings (SSSR count). The normalized spacial score (nSPS) is 12.4. The fourth-order valence-corrected chi connectivity index (χ4v) is 2.16. The van der Waals surface area contributed by atoms with Crippen LogP contribution in [-0.4, -0.2) is 9.55 Å². The SMILES string of the molecule is CCn1ccnc(NC(C)c2cc(C)oc2C)c1=O. The lowest BCUT2D eigenvalue weighted by Crippen LogP contribution is -2.24. The molecule has 0 spiro atoms. The summed E-state index contributed by atoms with van der Waals surface area (Å²) >= 11 is 0. The van der Waals surface area contributed by atoms with Crippen molar-refractivity contribution >= 4 is 5.82 Å². The number of hydrogen-bond donors (Lipinski definition) is 1. The van der Waals surface area contributed by atoms with Gasteiger partial charge in [0.1, 0.15) is 11.5 Å². The first-order chi connectivity index (χ1) is 9.02. The van der Waals surface area contributed by atoms with Gasteiger partial charge in [-0.1, -0.05) is 0 Å². The molecule has 0 aliphatic rings. The molecule has 5 nitrogen and oxygen atoms in total. The number of aryl methyl sites for hydroxylation is 3. The quantitative estimate of drug-likeness (QED) is 0.919. The van der Waals surface area contributed by atoms with Crippen molar-refractivity contribution in [3.05, 3.63) is 45.9 Å². The minimum Gasteiger partial charge on any atom is -0.466 e. The zero-order valence-corrected chi connectivity index (χ0v) is 11.7. The number of hydrogen-bond acceptors (Lipinski definition) is 4. The van der Waals surface area contributed by atoms with Crippen LogP contribution in [0.2, 0.25) is 0 Å². The molecule has 1 N–H and O–H groups in total. The maximum absolute atomic E-state index is 12.1. The van der Waals surface area contributed by atoms with Gasteiger partial charge in [0.15, 0.2) is 5.82 Å². The molecule has 1 atom stereocenters. The van der Waals surface area contributed by atoms with Crippen molar-refractivity contribution in [3.8, 4) is 0 Å². The minimum absolute atomic E-state index is 0.0228. The van der Waals surface area contributed by atoms with Crippen molar-refractivity contribution in [2.24, 2.45) is 0 Å². The molecule has 19 heavy (non-hydrogen) atoms. The molecule has 5 heteroatoms. The van der Waals surface area contributed by atoms with Crippen molar-refractivity contribution in [2.45, 2.75) is 40.3 Å². The third-order valence-electron chi connectivity index (χ3n) is 3.15. The van der Waals surface area contributed by atoms with Crippen molar-refractivity contribution in [1.29, 1.82) is 0 Å². The number of aromatic nitrogens is 2. The highest BCUT2D eigenvalue weighted by atomic mass is 16.3. The van der Waals surface area contributed by atoms with Crippen LogP contribution < -0.4 is 10.9 Å². The monoisotopic (exact) mass is 261 g/mol. The maximum atomic E-state index is 12.1. The van der Waals surface area contributed by atoms with E-state index >= 15 is 0 Å². The van der Waals surface area contributed by atoms with Crippen molar-refractivity contribution < 1.29 is 4.42 Å². The fourth-order valence-electron chi connectivity index (χ4n) is 2.16. The molecule has 0 saturated carbocycles. The molecule has 2 aromatic heterocycles. The van der Waals surface area contributed by atoms with Gasteiger partial charge < -0.3 is 14.3 Å². The summed E-state index contributed by atoms with van der Waals surface area (Å²) in [5, 5.41) is 3.15. The predicted molar refractivity (Wildman–Crippen MR) is 74.4 cm³/mol. The van der Waals surface area contributed by atoms with Gasteiger partial charge in [-0.05, 0) is 33.8 Å². The van der Waals surface area contributed by atoms with Gasteiger partial charge in [0.25, 0.3) is 5.56 Å². The molecule has 1 unspecified atom stereocenters. The summed E-state index contributed by atoms with van der Waals surface area (Å²) < 4.78 is 7.13. The van der Waals surface area contributed by atoms with Gasteiger partial charge in [0.05, 0.1) is 6.04 Å². The van der Waals surface area contributed by atoms with Crippen LogP contribution in [0.1, 0.15) is 37.0 Å². The largest absolute Gasteiger partial charge is 0.466 e. The number of furan rings is 1. The zero-order chi connectivity index (χ0) is 14.0. The number of nitrogens with one attached hydrogen (secondary N) is 1. The van der Waals surface area contributed by atoms with Crippen LogP contribution in [0.4, 0.5) is 5.82 Å². The van der Waals surface area contributed by atoms with Crippen molar-refractivity contribution in [1.82, 2.24) is 9.55 Å². The van der Waals surface area contributed by atoms with Gasteiger partial charge in [-0.25, -0.2) is 4.98 Å². The summed E-state index contributed by atoms with van der Waals surface area (Å²) in [4.78, 5) is 16.2. The summed E-state index contributed by atoms with van der Waals surface area (Å²) in [6.07, 6.45) is 3.32. The van der Waals surface area contributed by atoms with Crippen LogP contribution in [0.25, 0.3) is 0 Å². The van der Waals surface area contributed by atoms with E-state index in [4.69, 9.17) is 4.42 Å². The fraction of sp³-hybridized carbons (Fsp3) is 0.429. The summed E-state index contributed by atoms with van der Waals surface area (Å²) in [6.45, 7) is 8.38. The molecule has 0 radical (unpaired) electrons. The Kier molecular flexibility index (Phi) is 3.74. The molecule has 0 fully saturated rings. The van der Waals surface area contributed by atoms with E-state index in [2.05, 4.69) is 10.3 Å². The van der Waals surface area contributed by atoms with Crippen LogP contribution in [0.15, 0.2) is 27.7 Å². The third kappa shape index (κ3) is 2.70. The first-order valence-corrected chi connectivity index (χ1v) is 6.41. The topological polar surface area (TPSA) is 60.1 Å². The number of rotatable bonds is 4. The number of anilines is 1. The third-order valence-corrected chi connectivity index (χ3v) is 3.15. The molecule has 0 aliphatic heterocycles. The average Bonchev–Trinajstić information content (AvgIpc) is 2.71. The highest BCUT2D eigenvalue weighted by molar-refractivity contribution is 5.37. The second kappa shape index (κ2) is 5.30. The van der Waals surface area contributed by atoms with E-state index in [-0.39, 0.29) is 11.6 Å². The molecule has 0 saturated heterocycles. The summed E-state index contributed by atoms with van der Waals surface area (Å²) in [6, 6.07) is 1.96. The summed E-state index contributed by atoms with van der Waals surface area (Å²) in [7, 11) is 0. The summed E-state index contributed by atoms with van der Waals surface area (Å²) in [5.74, 6) is 2.10. The Morgan fingerprint density at radius 2 is 2.21 bits per heavy atom.